The zero-order chi connectivity index (χ0) is 20.6. The van der Waals surface area contributed by atoms with Crippen molar-refractivity contribution < 1.29 is 39.4 Å². The summed E-state index contributed by atoms with van der Waals surface area (Å²) in [6.45, 7) is 2.70. The van der Waals surface area contributed by atoms with Gasteiger partial charge in [-0.1, -0.05) is 0 Å². The average molecular weight is 396 g/mol. The van der Waals surface area contributed by atoms with Crippen LogP contribution in [0.1, 0.15) is 18.2 Å². The van der Waals surface area contributed by atoms with Crippen molar-refractivity contribution in [1.82, 2.24) is 0 Å². The fourth-order valence-corrected chi connectivity index (χ4v) is 3.27. The van der Waals surface area contributed by atoms with Crippen LogP contribution in [0.3, 0.4) is 0 Å². The van der Waals surface area contributed by atoms with Crippen molar-refractivity contribution in [1.29, 1.82) is 0 Å². The van der Waals surface area contributed by atoms with Crippen LogP contribution in [0.15, 0.2) is 27.4 Å². The molecule has 0 aliphatic carbocycles. The quantitative estimate of drug-likeness (QED) is 0.438. The molecule has 9 nitrogen and oxygen atoms in total. The SMILES string of the molecule is Cc1cc(OC2OC(CO)C(O)C(O)C2O)cc2oc(CC(C)O)cc(=O)c12. The molecule has 1 fully saturated rings. The lowest BCUT2D eigenvalue weighted by molar-refractivity contribution is -0.277. The summed E-state index contributed by atoms with van der Waals surface area (Å²) in [5.74, 6) is 0.517. The lowest BCUT2D eigenvalue weighted by atomic mass is 9.99. The second-order valence-corrected chi connectivity index (χ2v) is 7.06. The Labute approximate surface area is 160 Å². The zero-order valence-corrected chi connectivity index (χ0v) is 15.5. The molecule has 1 aliphatic rings. The van der Waals surface area contributed by atoms with Crippen LogP contribution in [0.4, 0.5) is 0 Å². The second kappa shape index (κ2) is 8.16. The molecule has 0 amide bonds. The molecule has 6 unspecified atom stereocenters. The van der Waals surface area contributed by atoms with Gasteiger partial charge in [-0.2, -0.15) is 0 Å². The summed E-state index contributed by atoms with van der Waals surface area (Å²) in [5.41, 5.74) is 0.547. The van der Waals surface area contributed by atoms with Gasteiger partial charge in [0.15, 0.2) is 5.43 Å². The number of aliphatic hydroxyl groups is 5. The van der Waals surface area contributed by atoms with E-state index in [1.165, 1.54) is 12.1 Å². The third-order valence-electron chi connectivity index (χ3n) is 4.65. The maximum atomic E-state index is 12.4. The van der Waals surface area contributed by atoms with Gasteiger partial charge in [0.1, 0.15) is 41.5 Å². The smallest absolute Gasteiger partial charge is 0.229 e. The van der Waals surface area contributed by atoms with Crippen LogP contribution in [0.25, 0.3) is 11.0 Å². The Kier molecular flexibility index (Phi) is 6.04. The molecule has 0 saturated carbocycles. The Morgan fingerprint density at radius 2 is 1.86 bits per heavy atom. The molecule has 9 heteroatoms. The highest BCUT2D eigenvalue weighted by atomic mass is 16.7. The number of ether oxygens (including phenoxy) is 2. The lowest BCUT2D eigenvalue weighted by Gasteiger charge is -2.39. The number of aryl methyl sites for hydroxylation is 1. The Morgan fingerprint density at radius 3 is 2.50 bits per heavy atom. The Balaban J connectivity index is 1.94. The fraction of sp³-hybridized carbons (Fsp3) is 0.526. The van der Waals surface area contributed by atoms with Gasteiger partial charge in [-0.25, -0.2) is 0 Å². The van der Waals surface area contributed by atoms with E-state index in [1.54, 1.807) is 19.9 Å². The highest BCUT2D eigenvalue weighted by Gasteiger charge is 2.44. The highest BCUT2D eigenvalue weighted by Crippen LogP contribution is 2.28. The summed E-state index contributed by atoms with van der Waals surface area (Å²) < 4.78 is 16.6. The molecule has 0 radical (unpaired) electrons. The van der Waals surface area contributed by atoms with Crippen molar-refractivity contribution in [2.75, 3.05) is 6.61 Å². The van der Waals surface area contributed by atoms with Crippen molar-refractivity contribution in [2.24, 2.45) is 0 Å². The van der Waals surface area contributed by atoms with Gasteiger partial charge in [-0.05, 0) is 25.5 Å². The molecule has 154 valence electrons. The predicted octanol–water partition coefficient (Wildman–Crippen LogP) is -0.797. The molecule has 0 spiro atoms. The van der Waals surface area contributed by atoms with Gasteiger partial charge in [-0.15, -0.1) is 0 Å². The van der Waals surface area contributed by atoms with Gasteiger partial charge in [0.2, 0.25) is 6.29 Å². The van der Waals surface area contributed by atoms with E-state index in [0.29, 0.717) is 16.7 Å². The molecular weight excluding hydrogens is 372 g/mol. The lowest BCUT2D eigenvalue weighted by Crippen LogP contribution is -2.60. The molecule has 2 aromatic rings. The summed E-state index contributed by atoms with van der Waals surface area (Å²) in [5, 5.41) is 49.0. The molecule has 3 rings (SSSR count). The number of hydrogen-bond donors (Lipinski definition) is 5. The van der Waals surface area contributed by atoms with Crippen molar-refractivity contribution in [3.63, 3.8) is 0 Å². The van der Waals surface area contributed by atoms with Crippen molar-refractivity contribution >= 4 is 11.0 Å². The molecule has 1 aliphatic heterocycles. The molecule has 5 N–H and O–H groups in total. The van der Waals surface area contributed by atoms with Crippen LogP contribution in [0, 0.1) is 6.92 Å². The summed E-state index contributed by atoms with van der Waals surface area (Å²) >= 11 is 0. The molecule has 0 bridgehead atoms. The third-order valence-corrected chi connectivity index (χ3v) is 4.65. The van der Waals surface area contributed by atoms with Crippen molar-refractivity contribution in [3.05, 3.63) is 39.7 Å². The molecule has 1 aromatic carbocycles. The molecule has 6 atom stereocenters. The first-order valence-corrected chi connectivity index (χ1v) is 8.94. The zero-order valence-electron chi connectivity index (χ0n) is 15.5. The highest BCUT2D eigenvalue weighted by molar-refractivity contribution is 5.81. The van der Waals surface area contributed by atoms with Crippen LogP contribution in [-0.4, -0.2) is 68.9 Å². The van der Waals surface area contributed by atoms with Crippen LogP contribution in [0.2, 0.25) is 0 Å². The fourth-order valence-electron chi connectivity index (χ4n) is 3.27. The Morgan fingerprint density at radius 1 is 1.14 bits per heavy atom. The van der Waals surface area contributed by atoms with Gasteiger partial charge < -0.3 is 39.4 Å². The Bertz CT molecular complexity index is 889. The van der Waals surface area contributed by atoms with Gasteiger partial charge in [0.05, 0.1) is 18.1 Å². The van der Waals surface area contributed by atoms with Crippen molar-refractivity contribution in [2.45, 2.75) is 57.1 Å². The monoisotopic (exact) mass is 396 g/mol. The number of hydrogen-bond acceptors (Lipinski definition) is 9. The van der Waals surface area contributed by atoms with Crippen LogP contribution < -0.4 is 10.2 Å². The average Bonchev–Trinajstić information content (AvgIpc) is 2.61. The van der Waals surface area contributed by atoms with Crippen LogP contribution in [0.5, 0.6) is 5.75 Å². The maximum Gasteiger partial charge on any atom is 0.229 e. The number of benzene rings is 1. The molecular formula is C19H24O9. The summed E-state index contributed by atoms with van der Waals surface area (Å²) in [4.78, 5) is 12.4. The summed E-state index contributed by atoms with van der Waals surface area (Å²) in [6.07, 6.45) is -7.56. The third kappa shape index (κ3) is 4.04. The summed E-state index contributed by atoms with van der Waals surface area (Å²) in [6, 6.07) is 4.33. The topological polar surface area (TPSA) is 150 Å². The molecule has 1 saturated heterocycles. The number of fused-ring (bicyclic) bond motifs is 1. The van der Waals surface area contributed by atoms with E-state index >= 15 is 0 Å². The molecule has 1 aromatic heterocycles. The van der Waals surface area contributed by atoms with E-state index in [1.807, 2.05) is 0 Å². The van der Waals surface area contributed by atoms with Gasteiger partial charge >= 0.3 is 0 Å². The minimum absolute atomic E-state index is 0.169. The second-order valence-electron chi connectivity index (χ2n) is 7.06. The van der Waals surface area contributed by atoms with E-state index in [2.05, 4.69) is 0 Å². The standard InChI is InChI=1S/C19H24O9/c1-8-3-10(27-19-18(25)17(24)16(23)14(7-20)28-19)6-13-15(8)12(22)5-11(26-13)4-9(2)21/h3,5-6,9,14,16-21,23-25H,4,7H2,1-2H3. The first-order chi connectivity index (χ1) is 13.2. The minimum atomic E-state index is -1.56. The van der Waals surface area contributed by atoms with Gasteiger partial charge in [0.25, 0.3) is 0 Å². The number of rotatable bonds is 5. The van der Waals surface area contributed by atoms with E-state index in [9.17, 15) is 30.3 Å². The first kappa shape index (κ1) is 20.7. The van der Waals surface area contributed by atoms with E-state index in [-0.39, 0.29) is 23.2 Å². The van der Waals surface area contributed by atoms with Crippen molar-refractivity contribution in [3.8, 4) is 5.75 Å². The first-order valence-electron chi connectivity index (χ1n) is 8.94. The molecule has 28 heavy (non-hydrogen) atoms. The van der Waals surface area contributed by atoms with Gasteiger partial charge in [0, 0.05) is 18.6 Å². The Hall–Kier alpha value is -2.01. The van der Waals surface area contributed by atoms with Gasteiger partial charge in [-0.3, -0.25) is 4.79 Å². The minimum Gasteiger partial charge on any atom is -0.462 e. The van der Waals surface area contributed by atoms with E-state index < -0.39 is 43.4 Å². The summed E-state index contributed by atoms with van der Waals surface area (Å²) in [7, 11) is 0. The van der Waals surface area contributed by atoms with E-state index in [0.717, 1.165) is 0 Å². The normalized spacial score (nSPS) is 29.0. The van der Waals surface area contributed by atoms with Crippen LogP contribution in [-0.2, 0) is 11.2 Å². The maximum absolute atomic E-state index is 12.4. The number of aliphatic hydroxyl groups excluding tert-OH is 5. The molecule has 2 heterocycles. The van der Waals surface area contributed by atoms with Crippen LogP contribution >= 0.6 is 0 Å². The predicted molar refractivity (Wildman–Crippen MR) is 97.0 cm³/mol. The largest absolute Gasteiger partial charge is 0.462 e. The van der Waals surface area contributed by atoms with E-state index in [4.69, 9.17) is 13.9 Å².